The van der Waals surface area contributed by atoms with Gasteiger partial charge in [0.05, 0.1) is 17.2 Å². The molecular weight excluding hydrogens is 384 g/mol. The van der Waals surface area contributed by atoms with Crippen LogP contribution in [0, 0.1) is 6.92 Å². The van der Waals surface area contributed by atoms with Crippen molar-refractivity contribution in [2.24, 2.45) is 4.99 Å². The third-order valence-corrected chi connectivity index (χ3v) is 5.69. The molecule has 1 atom stereocenters. The van der Waals surface area contributed by atoms with Crippen LogP contribution >= 0.6 is 11.8 Å². The molecule has 3 rings (SSSR count). The molecule has 2 aromatic carbocycles. The Bertz CT molecular complexity index is 951. The third-order valence-electron chi connectivity index (χ3n) is 4.71. The minimum absolute atomic E-state index is 0.0453. The maximum absolute atomic E-state index is 13.1. The summed E-state index contributed by atoms with van der Waals surface area (Å²) in [7, 11) is 0. The maximum Gasteiger partial charge on any atom is 0.266 e. The number of aryl methyl sites for hydroxylation is 1. The summed E-state index contributed by atoms with van der Waals surface area (Å²) in [5.41, 5.74) is 2.78. The summed E-state index contributed by atoms with van der Waals surface area (Å²) < 4.78 is 5.45. The van der Waals surface area contributed by atoms with E-state index < -0.39 is 0 Å². The van der Waals surface area contributed by atoms with Crippen molar-refractivity contribution in [3.05, 3.63) is 58.5 Å². The first-order chi connectivity index (χ1) is 13.9. The summed E-state index contributed by atoms with van der Waals surface area (Å²) in [5.74, 6) is 0.438. The number of carbonyl (C=O) groups is 1. The molecule has 152 valence electrons. The number of aliphatic imine (C=N–C) groups is 1. The van der Waals surface area contributed by atoms with E-state index in [0.29, 0.717) is 22.4 Å². The lowest BCUT2D eigenvalue weighted by Crippen LogP contribution is -2.36. The van der Waals surface area contributed by atoms with Gasteiger partial charge in [-0.3, -0.25) is 9.69 Å². The standard InChI is InChI=1S/C23H26N2O3S/c1-5-16(4)25-22(27)21(14-17-9-12-19(26)20(13-17)28-6-2)29-23(25)24-18-10-7-15(3)8-11-18/h7-14,16,26H,5-6H2,1-4H3/b21-14+,24-23?/t16-/m0/s1. The van der Waals surface area contributed by atoms with Crippen LogP contribution in [-0.2, 0) is 4.79 Å². The Hall–Kier alpha value is -2.73. The van der Waals surface area contributed by atoms with Crippen LogP contribution in [0.5, 0.6) is 11.5 Å². The number of nitrogens with zero attached hydrogens (tertiary/aromatic N) is 2. The molecule has 1 heterocycles. The molecule has 1 aliphatic heterocycles. The Morgan fingerprint density at radius 2 is 1.93 bits per heavy atom. The Labute approximate surface area is 176 Å². The Kier molecular flexibility index (Phi) is 6.64. The summed E-state index contributed by atoms with van der Waals surface area (Å²) in [6, 6.07) is 13.1. The van der Waals surface area contributed by atoms with Crippen molar-refractivity contribution >= 4 is 34.6 Å². The van der Waals surface area contributed by atoms with Crippen molar-refractivity contribution < 1.29 is 14.6 Å². The van der Waals surface area contributed by atoms with Crippen molar-refractivity contribution in [2.45, 2.75) is 40.2 Å². The molecule has 0 saturated carbocycles. The van der Waals surface area contributed by atoms with Crippen LogP contribution in [0.15, 0.2) is 52.4 Å². The SMILES string of the molecule is CCOc1cc(/C=C2/SC(=Nc3ccc(C)cc3)N([C@@H](C)CC)C2=O)ccc1O. The van der Waals surface area contributed by atoms with E-state index in [9.17, 15) is 9.90 Å². The number of ether oxygens (including phenoxy) is 1. The zero-order valence-corrected chi connectivity index (χ0v) is 18.0. The van der Waals surface area contributed by atoms with Crippen LogP contribution in [0.25, 0.3) is 6.08 Å². The second-order valence-corrected chi connectivity index (χ2v) is 7.94. The molecule has 5 nitrogen and oxygen atoms in total. The van der Waals surface area contributed by atoms with E-state index in [0.717, 1.165) is 17.7 Å². The number of phenolic OH excluding ortho intramolecular Hbond substituents is 1. The van der Waals surface area contributed by atoms with Crippen LogP contribution in [0.2, 0.25) is 0 Å². The number of amidine groups is 1. The quantitative estimate of drug-likeness (QED) is 0.639. The van der Waals surface area contributed by atoms with Crippen molar-refractivity contribution in [3.8, 4) is 11.5 Å². The fraction of sp³-hybridized carbons (Fsp3) is 0.304. The van der Waals surface area contributed by atoms with Gasteiger partial charge in [-0.05, 0) is 74.9 Å². The van der Waals surface area contributed by atoms with Gasteiger partial charge in [0, 0.05) is 6.04 Å². The zero-order chi connectivity index (χ0) is 21.0. The molecule has 29 heavy (non-hydrogen) atoms. The molecule has 0 spiro atoms. The van der Waals surface area contributed by atoms with Gasteiger partial charge >= 0.3 is 0 Å². The summed E-state index contributed by atoms with van der Waals surface area (Å²) >= 11 is 1.37. The number of carbonyl (C=O) groups excluding carboxylic acids is 1. The zero-order valence-electron chi connectivity index (χ0n) is 17.2. The highest BCUT2D eigenvalue weighted by atomic mass is 32.2. The van der Waals surface area contributed by atoms with Gasteiger partial charge in [-0.15, -0.1) is 0 Å². The molecule has 0 aliphatic carbocycles. The average Bonchev–Trinajstić information content (AvgIpc) is 3.00. The second kappa shape index (κ2) is 9.18. The van der Waals surface area contributed by atoms with E-state index in [4.69, 9.17) is 9.73 Å². The van der Waals surface area contributed by atoms with Gasteiger partial charge in [0.25, 0.3) is 5.91 Å². The molecule has 1 N–H and O–H groups in total. The highest BCUT2D eigenvalue weighted by Gasteiger charge is 2.36. The lowest BCUT2D eigenvalue weighted by molar-refractivity contribution is -0.123. The van der Waals surface area contributed by atoms with Gasteiger partial charge in [0.15, 0.2) is 16.7 Å². The largest absolute Gasteiger partial charge is 0.504 e. The lowest BCUT2D eigenvalue weighted by atomic mass is 10.1. The molecule has 1 amide bonds. The van der Waals surface area contributed by atoms with E-state index in [-0.39, 0.29) is 17.7 Å². The Balaban J connectivity index is 1.96. The molecular formula is C23H26N2O3S. The second-order valence-electron chi connectivity index (χ2n) is 6.93. The molecule has 6 heteroatoms. The fourth-order valence-electron chi connectivity index (χ4n) is 2.91. The van der Waals surface area contributed by atoms with Gasteiger partial charge < -0.3 is 9.84 Å². The monoisotopic (exact) mass is 410 g/mol. The molecule has 2 aromatic rings. The van der Waals surface area contributed by atoms with Crippen LogP contribution in [0.1, 0.15) is 38.3 Å². The predicted octanol–water partition coefficient (Wildman–Crippen LogP) is 5.50. The van der Waals surface area contributed by atoms with Gasteiger partial charge in [-0.1, -0.05) is 30.7 Å². The number of amides is 1. The number of thioether (sulfide) groups is 1. The summed E-state index contributed by atoms with van der Waals surface area (Å²) in [4.78, 5) is 20.2. The third kappa shape index (κ3) is 4.82. The Morgan fingerprint density at radius 3 is 2.59 bits per heavy atom. The van der Waals surface area contributed by atoms with E-state index in [2.05, 4.69) is 6.92 Å². The highest BCUT2D eigenvalue weighted by molar-refractivity contribution is 8.18. The minimum atomic E-state index is -0.0544. The summed E-state index contributed by atoms with van der Waals surface area (Å²) in [6.45, 7) is 8.43. The van der Waals surface area contributed by atoms with E-state index in [1.54, 1.807) is 23.1 Å². The summed E-state index contributed by atoms with van der Waals surface area (Å²) in [5, 5.41) is 10.6. The first kappa shape index (κ1) is 21.0. The van der Waals surface area contributed by atoms with E-state index in [1.165, 1.54) is 17.3 Å². The van der Waals surface area contributed by atoms with E-state index in [1.807, 2.05) is 51.1 Å². The first-order valence-corrected chi connectivity index (χ1v) is 10.6. The fourth-order valence-corrected chi connectivity index (χ4v) is 4.00. The van der Waals surface area contributed by atoms with Crippen LogP contribution in [0.3, 0.4) is 0 Å². The minimum Gasteiger partial charge on any atom is -0.504 e. The number of hydrogen-bond acceptors (Lipinski definition) is 5. The maximum atomic E-state index is 13.1. The van der Waals surface area contributed by atoms with Crippen molar-refractivity contribution in [3.63, 3.8) is 0 Å². The first-order valence-electron chi connectivity index (χ1n) is 9.77. The molecule has 0 bridgehead atoms. The van der Waals surface area contributed by atoms with Gasteiger partial charge in [0.1, 0.15) is 0 Å². The molecule has 0 unspecified atom stereocenters. The van der Waals surface area contributed by atoms with Gasteiger partial charge in [-0.25, -0.2) is 4.99 Å². The topological polar surface area (TPSA) is 62.1 Å². The van der Waals surface area contributed by atoms with Crippen LogP contribution < -0.4 is 4.74 Å². The van der Waals surface area contributed by atoms with Crippen molar-refractivity contribution in [1.29, 1.82) is 0 Å². The van der Waals surface area contributed by atoms with Gasteiger partial charge in [-0.2, -0.15) is 0 Å². The molecule has 1 aliphatic rings. The number of aromatic hydroxyl groups is 1. The molecule has 0 aromatic heterocycles. The summed E-state index contributed by atoms with van der Waals surface area (Å²) in [6.07, 6.45) is 2.65. The van der Waals surface area contributed by atoms with Crippen molar-refractivity contribution in [2.75, 3.05) is 6.61 Å². The molecule has 0 radical (unpaired) electrons. The average molecular weight is 411 g/mol. The highest BCUT2D eigenvalue weighted by Crippen LogP contribution is 2.37. The smallest absolute Gasteiger partial charge is 0.266 e. The number of hydrogen-bond donors (Lipinski definition) is 1. The van der Waals surface area contributed by atoms with Gasteiger partial charge in [0.2, 0.25) is 0 Å². The lowest BCUT2D eigenvalue weighted by Gasteiger charge is -2.22. The Morgan fingerprint density at radius 1 is 1.21 bits per heavy atom. The predicted molar refractivity (Wildman–Crippen MR) is 120 cm³/mol. The molecule has 1 fully saturated rings. The molecule has 1 saturated heterocycles. The number of benzene rings is 2. The van der Waals surface area contributed by atoms with Crippen LogP contribution in [0.4, 0.5) is 5.69 Å². The van der Waals surface area contributed by atoms with Crippen molar-refractivity contribution in [1.82, 2.24) is 4.90 Å². The number of phenols is 1. The van der Waals surface area contributed by atoms with E-state index >= 15 is 0 Å². The normalized spacial score (nSPS) is 17.9. The number of rotatable bonds is 6. The van der Waals surface area contributed by atoms with Crippen LogP contribution in [-0.4, -0.2) is 33.7 Å².